The van der Waals surface area contributed by atoms with Crippen LogP contribution in [-0.4, -0.2) is 12.2 Å². The second-order valence-corrected chi connectivity index (χ2v) is 6.21. The lowest BCUT2D eigenvalue weighted by molar-refractivity contribution is 0.415. The summed E-state index contributed by atoms with van der Waals surface area (Å²) in [6.07, 6.45) is 4.16. The van der Waals surface area contributed by atoms with Gasteiger partial charge in [-0.3, -0.25) is 0 Å². The maximum atomic E-state index is 12.6. The molecule has 1 unspecified atom stereocenters. The lowest BCUT2D eigenvalue weighted by atomic mass is 9.89. The summed E-state index contributed by atoms with van der Waals surface area (Å²) < 4.78 is 10.6. The van der Waals surface area contributed by atoms with Crippen molar-refractivity contribution in [1.29, 1.82) is 0 Å². The molecule has 138 valence electrons. The van der Waals surface area contributed by atoms with Crippen LogP contribution in [0.1, 0.15) is 41.7 Å². The molecule has 0 radical (unpaired) electrons. The molecule has 0 saturated carbocycles. The molecule has 0 amide bonds. The van der Waals surface area contributed by atoms with Gasteiger partial charge in [-0.05, 0) is 35.8 Å². The van der Waals surface area contributed by atoms with Crippen molar-refractivity contribution in [3.63, 3.8) is 0 Å². The van der Waals surface area contributed by atoms with Crippen LogP contribution in [0.25, 0.3) is 12.2 Å². The molecule has 0 saturated heterocycles. The molecule has 4 nitrogen and oxygen atoms in total. The van der Waals surface area contributed by atoms with Gasteiger partial charge in [0.15, 0.2) is 0 Å². The van der Waals surface area contributed by atoms with Gasteiger partial charge in [0.25, 0.3) is 0 Å². The molecule has 1 heterocycles. The zero-order chi connectivity index (χ0) is 19.2. The third-order valence-corrected chi connectivity index (χ3v) is 4.50. The van der Waals surface area contributed by atoms with E-state index in [2.05, 4.69) is 0 Å². The van der Waals surface area contributed by atoms with Gasteiger partial charge >= 0.3 is 5.63 Å². The Kier molecular flexibility index (Phi) is 5.77. The number of ether oxygens (including phenoxy) is 1. The Morgan fingerprint density at radius 3 is 2.37 bits per heavy atom. The molecule has 0 aliphatic rings. The molecule has 1 atom stereocenters. The van der Waals surface area contributed by atoms with Crippen LogP contribution in [0.15, 0.2) is 69.9 Å². The minimum Gasteiger partial charge on any atom is -0.507 e. The lowest BCUT2D eigenvalue weighted by Gasteiger charge is -2.15. The molecule has 3 aromatic rings. The van der Waals surface area contributed by atoms with Gasteiger partial charge in [-0.15, -0.1) is 0 Å². The third kappa shape index (κ3) is 4.29. The summed E-state index contributed by atoms with van der Waals surface area (Å²) in [5.74, 6) is 0.825. The summed E-state index contributed by atoms with van der Waals surface area (Å²) in [5.41, 5.74) is 1.69. The van der Waals surface area contributed by atoms with Crippen molar-refractivity contribution in [2.24, 2.45) is 0 Å². The maximum Gasteiger partial charge on any atom is 0.343 e. The molecule has 3 rings (SSSR count). The molecule has 0 spiro atoms. The van der Waals surface area contributed by atoms with E-state index in [1.807, 2.05) is 67.6 Å². The molecule has 0 fully saturated rings. The predicted octanol–water partition coefficient (Wildman–Crippen LogP) is 5.07. The highest BCUT2D eigenvalue weighted by atomic mass is 16.5. The first-order valence-corrected chi connectivity index (χ1v) is 8.86. The molecule has 0 aliphatic carbocycles. The molecular formula is C23H22O4. The van der Waals surface area contributed by atoms with Gasteiger partial charge in [-0.25, -0.2) is 4.79 Å². The zero-order valence-electron chi connectivity index (χ0n) is 15.4. The minimum absolute atomic E-state index is 0.0451. The first-order chi connectivity index (χ1) is 13.1. The van der Waals surface area contributed by atoms with Crippen molar-refractivity contribution in [3.8, 4) is 11.5 Å². The third-order valence-electron chi connectivity index (χ3n) is 4.50. The number of aromatic hydroxyl groups is 1. The first-order valence-electron chi connectivity index (χ1n) is 8.86. The Balaban J connectivity index is 1.90. The van der Waals surface area contributed by atoms with Crippen LogP contribution in [0.2, 0.25) is 0 Å². The number of rotatable bonds is 6. The Hall–Kier alpha value is -3.27. The quantitative estimate of drug-likeness (QED) is 0.665. The van der Waals surface area contributed by atoms with Gasteiger partial charge in [0, 0.05) is 12.0 Å². The number of methoxy groups -OCH3 is 1. The van der Waals surface area contributed by atoms with Crippen molar-refractivity contribution >= 4 is 12.2 Å². The van der Waals surface area contributed by atoms with Crippen LogP contribution < -0.4 is 10.4 Å². The monoisotopic (exact) mass is 362 g/mol. The van der Waals surface area contributed by atoms with Crippen LogP contribution >= 0.6 is 0 Å². The van der Waals surface area contributed by atoms with E-state index in [1.165, 1.54) is 6.07 Å². The predicted molar refractivity (Wildman–Crippen MR) is 107 cm³/mol. The van der Waals surface area contributed by atoms with Crippen LogP contribution in [0.4, 0.5) is 0 Å². The fourth-order valence-corrected chi connectivity index (χ4v) is 3.10. The average Bonchev–Trinajstić information content (AvgIpc) is 2.70. The highest BCUT2D eigenvalue weighted by molar-refractivity contribution is 5.68. The van der Waals surface area contributed by atoms with E-state index in [0.29, 0.717) is 17.7 Å². The smallest absolute Gasteiger partial charge is 0.343 e. The fraction of sp³-hybridized carbons (Fsp3) is 0.174. The van der Waals surface area contributed by atoms with E-state index in [1.54, 1.807) is 13.2 Å². The normalized spacial score (nSPS) is 12.2. The van der Waals surface area contributed by atoms with Gasteiger partial charge < -0.3 is 14.3 Å². The Labute approximate surface area is 158 Å². The van der Waals surface area contributed by atoms with E-state index >= 15 is 0 Å². The average molecular weight is 362 g/mol. The molecule has 0 aliphatic heterocycles. The van der Waals surface area contributed by atoms with Gasteiger partial charge in [-0.1, -0.05) is 55.5 Å². The second-order valence-electron chi connectivity index (χ2n) is 6.21. The lowest BCUT2D eigenvalue weighted by Crippen LogP contribution is -2.14. The van der Waals surface area contributed by atoms with Crippen molar-refractivity contribution < 1.29 is 14.3 Å². The van der Waals surface area contributed by atoms with E-state index in [0.717, 1.165) is 16.9 Å². The van der Waals surface area contributed by atoms with E-state index in [-0.39, 0.29) is 11.7 Å². The number of hydrogen-bond acceptors (Lipinski definition) is 4. The van der Waals surface area contributed by atoms with Crippen molar-refractivity contribution in [2.75, 3.05) is 7.11 Å². The number of hydrogen-bond donors (Lipinski definition) is 1. The summed E-state index contributed by atoms with van der Waals surface area (Å²) >= 11 is 0. The molecule has 2 aromatic carbocycles. The van der Waals surface area contributed by atoms with Gasteiger partial charge in [0.05, 0.1) is 12.7 Å². The molecule has 27 heavy (non-hydrogen) atoms. The summed E-state index contributed by atoms with van der Waals surface area (Å²) in [6.45, 7) is 1.98. The largest absolute Gasteiger partial charge is 0.507 e. The summed E-state index contributed by atoms with van der Waals surface area (Å²) in [6, 6.07) is 18.6. The highest BCUT2D eigenvalue weighted by Crippen LogP contribution is 2.32. The zero-order valence-corrected chi connectivity index (χ0v) is 15.4. The fourth-order valence-electron chi connectivity index (χ4n) is 3.10. The summed E-state index contributed by atoms with van der Waals surface area (Å²) in [4.78, 5) is 12.6. The van der Waals surface area contributed by atoms with Crippen molar-refractivity contribution in [3.05, 3.63) is 93.5 Å². The SMILES string of the molecule is CCC(c1ccccc1)c1c(O)cc(C=Cc2ccc(OC)cc2)oc1=O. The van der Waals surface area contributed by atoms with Crippen LogP contribution in [0.5, 0.6) is 11.5 Å². The standard InChI is InChI=1S/C23H22O4/c1-3-20(17-7-5-4-6-8-17)22-21(24)15-19(27-23(22)25)14-11-16-9-12-18(26-2)13-10-16/h4-15,20,24H,3H2,1-2H3. The maximum absolute atomic E-state index is 12.6. The van der Waals surface area contributed by atoms with E-state index < -0.39 is 5.63 Å². The van der Waals surface area contributed by atoms with E-state index in [4.69, 9.17) is 9.15 Å². The highest BCUT2D eigenvalue weighted by Gasteiger charge is 2.21. The topological polar surface area (TPSA) is 59.7 Å². The van der Waals surface area contributed by atoms with Gasteiger partial charge in [-0.2, -0.15) is 0 Å². The first kappa shape index (κ1) is 18.5. The van der Waals surface area contributed by atoms with Crippen molar-refractivity contribution in [1.82, 2.24) is 0 Å². The molecule has 0 bridgehead atoms. The number of benzene rings is 2. The van der Waals surface area contributed by atoms with Gasteiger partial charge in [0.1, 0.15) is 17.3 Å². The van der Waals surface area contributed by atoms with Crippen molar-refractivity contribution in [2.45, 2.75) is 19.3 Å². The Morgan fingerprint density at radius 2 is 1.78 bits per heavy atom. The molecule has 1 N–H and O–H groups in total. The van der Waals surface area contributed by atoms with Crippen LogP contribution in [0, 0.1) is 0 Å². The van der Waals surface area contributed by atoms with E-state index in [9.17, 15) is 9.90 Å². The van der Waals surface area contributed by atoms with Crippen LogP contribution in [0.3, 0.4) is 0 Å². The minimum atomic E-state index is -0.514. The molecular weight excluding hydrogens is 340 g/mol. The van der Waals surface area contributed by atoms with Gasteiger partial charge in [0.2, 0.25) is 0 Å². The summed E-state index contributed by atoms with van der Waals surface area (Å²) in [5, 5.41) is 10.5. The Morgan fingerprint density at radius 1 is 1.07 bits per heavy atom. The summed E-state index contributed by atoms with van der Waals surface area (Å²) in [7, 11) is 1.61. The second kappa shape index (κ2) is 8.41. The molecule has 1 aromatic heterocycles. The van der Waals surface area contributed by atoms with Crippen LogP contribution in [-0.2, 0) is 0 Å². The Bertz CT molecular complexity index is 970. The molecule has 4 heteroatoms.